The zero-order chi connectivity index (χ0) is 19.4. The van der Waals surface area contributed by atoms with Gasteiger partial charge >= 0.3 is 0 Å². The lowest BCUT2D eigenvalue weighted by Crippen LogP contribution is -2.44. The van der Waals surface area contributed by atoms with E-state index in [1.165, 1.54) is 17.8 Å². The summed E-state index contributed by atoms with van der Waals surface area (Å²) in [6, 6.07) is 16.7. The second-order valence-corrected chi connectivity index (χ2v) is 7.95. The molecule has 3 rings (SSSR count). The van der Waals surface area contributed by atoms with Crippen LogP contribution in [-0.4, -0.2) is 16.9 Å². The maximum atomic E-state index is 13.8. The zero-order valence-electron chi connectivity index (χ0n) is 16.0. The number of rotatable bonds is 5. The van der Waals surface area contributed by atoms with E-state index in [1.807, 2.05) is 18.2 Å². The molecule has 0 bridgehead atoms. The van der Waals surface area contributed by atoms with E-state index < -0.39 is 0 Å². The van der Waals surface area contributed by atoms with Gasteiger partial charge in [0, 0.05) is 17.6 Å². The van der Waals surface area contributed by atoms with Crippen LogP contribution in [0.2, 0.25) is 0 Å². The maximum absolute atomic E-state index is 13.8. The summed E-state index contributed by atoms with van der Waals surface area (Å²) in [5.74, 6) is -0.559. The SMILES string of the molecule is CC(C)(C)C(CCc1ccccc1)NC(=O)c1cnc2c(F)cccc2c1. The van der Waals surface area contributed by atoms with E-state index in [9.17, 15) is 9.18 Å². The Morgan fingerprint density at radius 3 is 2.56 bits per heavy atom. The minimum absolute atomic E-state index is 0.00779. The fraction of sp³-hybridized carbons (Fsp3) is 0.304. The van der Waals surface area contributed by atoms with Crippen molar-refractivity contribution in [1.29, 1.82) is 0 Å². The average Bonchev–Trinajstić information content (AvgIpc) is 2.64. The molecule has 0 saturated carbocycles. The molecule has 3 nitrogen and oxygen atoms in total. The molecule has 1 aromatic heterocycles. The molecular weight excluding hydrogens is 339 g/mol. The number of aryl methyl sites for hydroxylation is 1. The van der Waals surface area contributed by atoms with Gasteiger partial charge in [0.05, 0.1) is 5.56 Å². The lowest BCUT2D eigenvalue weighted by molar-refractivity contribution is 0.0897. The number of fused-ring (bicyclic) bond motifs is 1. The third-order valence-corrected chi connectivity index (χ3v) is 4.84. The first-order valence-electron chi connectivity index (χ1n) is 9.23. The molecule has 1 heterocycles. The molecule has 4 heteroatoms. The summed E-state index contributed by atoms with van der Waals surface area (Å²) in [5.41, 5.74) is 1.90. The van der Waals surface area contributed by atoms with Crippen molar-refractivity contribution in [2.75, 3.05) is 0 Å². The lowest BCUT2D eigenvalue weighted by atomic mass is 9.83. The van der Waals surface area contributed by atoms with Crippen LogP contribution < -0.4 is 5.32 Å². The summed E-state index contributed by atoms with van der Waals surface area (Å²) in [7, 11) is 0. The van der Waals surface area contributed by atoms with Gasteiger partial charge in [0.25, 0.3) is 5.91 Å². The van der Waals surface area contributed by atoms with Gasteiger partial charge in [0.2, 0.25) is 0 Å². The highest BCUT2D eigenvalue weighted by atomic mass is 19.1. The number of carbonyl (C=O) groups is 1. The van der Waals surface area contributed by atoms with Crippen LogP contribution in [0.15, 0.2) is 60.8 Å². The van der Waals surface area contributed by atoms with Gasteiger partial charge < -0.3 is 5.32 Å². The topological polar surface area (TPSA) is 42.0 Å². The minimum Gasteiger partial charge on any atom is -0.349 e. The molecule has 0 aliphatic heterocycles. The van der Waals surface area contributed by atoms with Gasteiger partial charge in [-0.25, -0.2) is 4.39 Å². The summed E-state index contributed by atoms with van der Waals surface area (Å²) in [5, 5.41) is 3.77. The highest BCUT2D eigenvalue weighted by Gasteiger charge is 2.26. The first-order valence-corrected chi connectivity index (χ1v) is 9.23. The molecule has 0 aliphatic carbocycles. The van der Waals surface area contributed by atoms with E-state index in [1.54, 1.807) is 18.2 Å². The minimum atomic E-state index is -0.380. The maximum Gasteiger partial charge on any atom is 0.253 e. The van der Waals surface area contributed by atoms with Crippen molar-refractivity contribution in [2.45, 2.75) is 39.7 Å². The number of amides is 1. The Hall–Kier alpha value is -2.75. The molecule has 0 fully saturated rings. The molecule has 27 heavy (non-hydrogen) atoms. The highest BCUT2D eigenvalue weighted by Crippen LogP contribution is 2.24. The normalized spacial score (nSPS) is 12.7. The van der Waals surface area contributed by atoms with Crippen molar-refractivity contribution in [1.82, 2.24) is 10.3 Å². The number of para-hydroxylation sites is 1. The Balaban J connectivity index is 1.76. The quantitative estimate of drug-likeness (QED) is 0.680. The van der Waals surface area contributed by atoms with Gasteiger partial charge in [-0.2, -0.15) is 0 Å². The van der Waals surface area contributed by atoms with Crippen LogP contribution in [0.25, 0.3) is 10.9 Å². The predicted molar refractivity (Wildman–Crippen MR) is 107 cm³/mol. The van der Waals surface area contributed by atoms with Crippen molar-refractivity contribution in [3.05, 3.63) is 77.7 Å². The van der Waals surface area contributed by atoms with E-state index in [2.05, 4.69) is 43.2 Å². The van der Waals surface area contributed by atoms with Crippen LogP contribution in [-0.2, 0) is 6.42 Å². The first kappa shape index (κ1) is 19.0. The van der Waals surface area contributed by atoms with Crippen LogP contribution in [0.1, 0.15) is 43.1 Å². The molecule has 140 valence electrons. The average molecular weight is 364 g/mol. The van der Waals surface area contributed by atoms with Crippen LogP contribution in [0.5, 0.6) is 0 Å². The third kappa shape index (κ3) is 4.70. The lowest BCUT2D eigenvalue weighted by Gasteiger charge is -2.31. The number of carbonyl (C=O) groups excluding carboxylic acids is 1. The summed E-state index contributed by atoms with van der Waals surface area (Å²) in [6.07, 6.45) is 3.18. The second-order valence-electron chi connectivity index (χ2n) is 7.95. The predicted octanol–water partition coefficient (Wildman–Crippen LogP) is 5.15. The number of halogens is 1. The van der Waals surface area contributed by atoms with Gasteiger partial charge in [0.1, 0.15) is 11.3 Å². The van der Waals surface area contributed by atoms with Gasteiger partial charge in [-0.15, -0.1) is 0 Å². The molecular formula is C23H25FN2O. The first-order chi connectivity index (χ1) is 12.8. The molecule has 0 radical (unpaired) electrons. The molecule has 1 N–H and O–H groups in total. The van der Waals surface area contributed by atoms with Gasteiger partial charge in [0.15, 0.2) is 0 Å². The number of nitrogens with one attached hydrogen (secondary N) is 1. The number of nitrogens with zero attached hydrogens (tertiary/aromatic N) is 1. The van der Waals surface area contributed by atoms with E-state index in [0.717, 1.165) is 12.8 Å². The Bertz CT molecular complexity index is 932. The van der Waals surface area contributed by atoms with E-state index >= 15 is 0 Å². The summed E-state index contributed by atoms with van der Waals surface area (Å²) in [4.78, 5) is 16.9. The fourth-order valence-corrected chi connectivity index (χ4v) is 3.17. The number of benzene rings is 2. The zero-order valence-corrected chi connectivity index (χ0v) is 16.0. The van der Waals surface area contributed by atoms with Crippen LogP contribution in [0.4, 0.5) is 4.39 Å². The van der Waals surface area contributed by atoms with Gasteiger partial charge in [-0.1, -0.05) is 63.2 Å². The largest absolute Gasteiger partial charge is 0.349 e. The monoisotopic (exact) mass is 364 g/mol. The van der Waals surface area contributed by atoms with Crippen molar-refractivity contribution < 1.29 is 9.18 Å². The molecule has 0 saturated heterocycles. The van der Waals surface area contributed by atoms with E-state index in [-0.39, 0.29) is 28.7 Å². The van der Waals surface area contributed by atoms with Crippen molar-refractivity contribution in [3.63, 3.8) is 0 Å². The number of aromatic nitrogens is 1. The number of hydrogen-bond donors (Lipinski definition) is 1. The molecule has 1 amide bonds. The number of pyridine rings is 1. The molecule has 0 aliphatic rings. The van der Waals surface area contributed by atoms with Crippen LogP contribution >= 0.6 is 0 Å². The smallest absolute Gasteiger partial charge is 0.253 e. The Morgan fingerprint density at radius 1 is 1.11 bits per heavy atom. The summed E-state index contributed by atoms with van der Waals surface area (Å²) in [6.45, 7) is 6.37. The van der Waals surface area contributed by atoms with Crippen LogP contribution in [0, 0.1) is 11.2 Å². The van der Waals surface area contributed by atoms with Crippen molar-refractivity contribution in [2.24, 2.45) is 5.41 Å². The highest BCUT2D eigenvalue weighted by molar-refractivity contribution is 5.97. The standard InChI is InChI=1S/C23H25FN2O/c1-23(2,3)20(13-12-16-8-5-4-6-9-16)26-22(27)18-14-17-10-7-11-19(24)21(17)25-15-18/h4-11,14-15,20H,12-13H2,1-3H3,(H,26,27). The molecule has 0 spiro atoms. The molecule has 1 unspecified atom stereocenters. The molecule has 2 aromatic carbocycles. The second kappa shape index (κ2) is 7.87. The third-order valence-electron chi connectivity index (χ3n) is 4.84. The van der Waals surface area contributed by atoms with E-state index in [0.29, 0.717) is 10.9 Å². The Morgan fingerprint density at radius 2 is 1.85 bits per heavy atom. The summed E-state index contributed by atoms with van der Waals surface area (Å²) < 4.78 is 13.8. The Kier molecular flexibility index (Phi) is 5.54. The number of hydrogen-bond acceptors (Lipinski definition) is 2. The Labute approximate surface area is 159 Å². The summed E-state index contributed by atoms with van der Waals surface area (Å²) >= 11 is 0. The van der Waals surface area contributed by atoms with Crippen molar-refractivity contribution in [3.8, 4) is 0 Å². The van der Waals surface area contributed by atoms with Crippen LogP contribution in [0.3, 0.4) is 0 Å². The van der Waals surface area contributed by atoms with E-state index in [4.69, 9.17) is 0 Å². The van der Waals surface area contributed by atoms with Crippen molar-refractivity contribution >= 4 is 16.8 Å². The van der Waals surface area contributed by atoms with Gasteiger partial charge in [-0.3, -0.25) is 9.78 Å². The molecule has 1 atom stereocenters. The fourth-order valence-electron chi connectivity index (χ4n) is 3.17. The molecule has 3 aromatic rings. The van der Waals surface area contributed by atoms with Gasteiger partial charge in [-0.05, 0) is 36.0 Å².